The Kier molecular flexibility index (Phi) is 3.74. The van der Waals surface area contributed by atoms with Crippen molar-refractivity contribution in [3.63, 3.8) is 0 Å². The fraction of sp³-hybridized carbons (Fsp3) is 0.357. The molecule has 1 aliphatic heterocycles. The van der Waals surface area contributed by atoms with Crippen molar-refractivity contribution in [3.05, 3.63) is 50.9 Å². The fourth-order valence-corrected chi connectivity index (χ4v) is 2.80. The number of aromatic nitrogens is 3. The topological polar surface area (TPSA) is 77.1 Å². The molecule has 0 aliphatic carbocycles. The number of aliphatic carboxylic acids is 1. The van der Waals surface area contributed by atoms with Gasteiger partial charge in [0.05, 0.1) is 11.6 Å². The van der Waals surface area contributed by atoms with Crippen LogP contribution in [0.3, 0.4) is 0 Å². The average molecular weight is 326 g/mol. The molecule has 0 spiro atoms. The van der Waals surface area contributed by atoms with Gasteiger partial charge in [0.2, 0.25) is 0 Å². The van der Waals surface area contributed by atoms with E-state index in [9.17, 15) is 19.1 Å². The molecule has 1 aliphatic rings. The Morgan fingerprint density at radius 1 is 1.50 bits per heavy atom. The predicted molar refractivity (Wildman–Crippen MR) is 76.6 cm³/mol. The summed E-state index contributed by atoms with van der Waals surface area (Å²) in [7, 11) is 0. The Balaban J connectivity index is 1.97. The molecule has 0 saturated heterocycles. The molecule has 0 saturated carbocycles. The Morgan fingerprint density at radius 2 is 2.27 bits per heavy atom. The van der Waals surface area contributed by atoms with Crippen molar-refractivity contribution in [2.45, 2.75) is 31.8 Å². The van der Waals surface area contributed by atoms with Gasteiger partial charge in [-0.3, -0.25) is 4.57 Å². The number of hydrogen-bond acceptors (Lipinski definition) is 3. The van der Waals surface area contributed by atoms with Gasteiger partial charge in [0.25, 0.3) is 0 Å². The molecular weight excluding hydrogens is 313 g/mol. The average Bonchev–Trinajstić information content (AvgIpc) is 2.79. The summed E-state index contributed by atoms with van der Waals surface area (Å²) in [5.41, 5.74) is 0.0452. The van der Waals surface area contributed by atoms with Crippen LogP contribution in [0.1, 0.15) is 30.3 Å². The highest BCUT2D eigenvalue weighted by molar-refractivity contribution is 6.30. The normalized spacial score (nSPS) is 17.3. The van der Waals surface area contributed by atoms with Crippen molar-refractivity contribution in [3.8, 4) is 0 Å². The van der Waals surface area contributed by atoms with Crippen LogP contribution in [0.25, 0.3) is 0 Å². The third-order valence-electron chi connectivity index (χ3n) is 3.73. The standard InChI is InChI=1S/C14H13ClFN3O3/c15-9-5-4-8(6-10(9)16)7-18-14(22)19-11(13(20)21)2-1-3-12(19)17-18/h4-6,11H,1-3,7H2,(H,20,21)/t11-/m0/s1. The number of carboxylic acids is 1. The molecule has 1 atom stereocenters. The number of fused-ring (bicyclic) bond motifs is 1. The first-order valence-corrected chi connectivity index (χ1v) is 7.20. The molecule has 1 aromatic carbocycles. The van der Waals surface area contributed by atoms with Crippen LogP contribution < -0.4 is 5.69 Å². The van der Waals surface area contributed by atoms with E-state index in [4.69, 9.17) is 11.6 Å². The zero-order chi connectivity index (χ0) is 15.9. The van der Waals surface area contributed by atoms with Gasteiger partial charge in [0.1, 0.15) is 17.7 Å². The maximum atomic E-state index is 13.5. The summed E-state index contributed by atoms with van der Waals surface area (Å²) in [5, 5.41) is 13.4. The molecule has 0 fully saturated rings. The molecule has 8 heteroatoms. The van der Waals surface area contributed by atoms with Gasteiger partial charge < -0.3 is 5.11 Å². The van der Waals surface area contributed by atoms with Crippen LogP contribution in [0.2, 0.25) is 5.02 Å². The van der Waals surface area contributed by atoms with Crippen LogP contribution in [0.5, 0.6) is 0 Å². The Bertz CT molecular complexity index is 799. The number of halogens is 2. The molecule has 0 bridgehead atoms. The third kappa shape index (κ3) is 2.52. The first-order valence-electron chi connectivity index (χ1n) is 6.82. The largest absolute Gasteiger partial charge is 0.480 e. The molecular formula is C14H13ClFN3O3. The molecule has 1 aromatic heterocycles. The minimum Gasteiger partial charge on any atom is -0.480 e. The summed E-state index contributed by atoms with van der Waals surface area (Å²) in [4.78, 5) is 23.6. The van der Waals surface area contributed by atoms with Crippen LogP contribution in [0.4, 0.5) is 4.39 Å². The summed E-state index contributed by atoms with van der Waals surface area (Å²) in [6, 6.07) is 3.37. The highest BCUT2D eigenvalue weighted by Gasteiger charge is 2.30. The van der Waals surface area contributed by atoms with E-state index in [0.717, 1.165) is 0 Å². The molecule has 0 unspecified atom stereocenters. The van der Waals surface area contributed by atoms with Gasteiger partial charge in [-0.05, 0) is 30.5 Å². The summed E-state index contributed by atoms with van der Waals surface area (Å²) in [6.07, 6.45) is 1.63. The molecule has 22 heavy (non-hydrogen) atoms. The predicted octanol–water partition coefficient (Wildman–Crippen LogP) is 1.85. The van der Waals surface area contributed by atoms with E-state index >= 15 is 0 Å². The second-order valence-corrected chi connectivity index (χ2v) is 5.63. The molecule has 0 amide bonds. The number of hydrogen-bond donors (Lipinski definition) is 1. The van der Waals surface area contributed by atoms with E-state index in [2.05, 4.69) is 5.10 Å². The SMILES string of the molecule is O=C(O)[C@@H]1CCCc2nn(Cc3ccc(Cl)c(F)c3)c(=O)n21. The van der Waals surface area contributed by atoms with Gasteiger partial charge in [-0.2, -0.15) is 5.10 Å². The van der Waals surface area contributed by atoms with Gasteiger partial charge >= 0.3 is 11.7 Å². The number of carbonyl (C=O) groups is 1. The van der Waals surface area contributed by atoms with Crippen molar-refractivity contribution in [1.82, 2.24) is 14.3 Å². The summed E-state index contributed by atoms with van der Waals surface area (Å²) >= 11 is 5.62. The highest BCUT2D eigenvalue weighted by atomic mass is 35.5. The first kappa shape index (κ1) is 14.8. The third-order valence-corrected chi connectivity index (χ3v) is 4.04. The molecule has 0 radical (unpaired) electrons. The number of aryl methyl sites for hydroxylation is 1. The Hall–Kier alpha value is -2.15. The number of rotatable bonds is 3. The summed E-state index contributed by atoms with van der Waals surface area (Å²) in [6.45, 7) is 0.0687. The van der Waals surface area contributed by atoms with Crippen molar-refractivity contribution in [2.24, 2.45) is 0 Å². The lowest BCUT2D eigenvalue weighted by molar-refractivity contribution is -0.141. The van der Waals surface area contributed by atoms with Crippen LogP contribution in [0, 0.1) is 5.82 Å². The van der Waals surface area contributed by atoms with Crippen LogP contribution in [-0.4, -0.2) is 25.4 Å². The molecule has 2 heterocycles. The fourth-order valence-electron chi connectivity index (χ4n) is 2.68. The number of nitrogens with zero attached hydrogens (tertiary/aromatic N) is 3. The zero-order valence-electron chi connectivity index (χ0n) is 11.5. The first-order chi connectivity index (χ1) is 10.5. The Labute approximate surface area is 129 Å². The summed E-state index contributed by atoms with van der Waals surface area (Å²) < 4.78 is 15.8. The number of benzene rings is 1. The lowest BCUT2D eigenvalue weighted by Gasteiger charge is -2.19. The maximum absolute atomic E-state index is 13.5. The smallest absolute Gasteiger partial charge is 0.347 e. The van der Waals surface area contributed by atoms with E-state index in [1.807, 2.05) is 0 Å². The van der Waals surface area contributed by atoms with Crippen molar-refractivity contribution in [1.29, 1.82) is 0 Å². The van der Waals surface area contributed by atoms with E-state index < -0.39 is 23.5 Å². The second kappa shape index (κ2) is 5.57. The van der Waals surface area contributed by atoms with E-state index in [0.29, 0.717) is 30.7 Å². The molecule has 6 nitrogen and oxygen atoms in total. The zero-order valence-corrected chi connectivity index (χ0v) is 12.3. The van der Waals surface area contributed by atoms with Gasteiger partial charge in [0, 0.05) is 6.42 Å². The minimum atomic E-state index is -1.04. The van der Waals surface area contributed by atoms with E-state index in [-0.39, 0.29) is 11.6 Å². The van der Waals surface area contributed by atoms with E-state index in [1.165, 1.54) is 21.4 Å². The van der Waals surface area contributed by atoms with E-state index in [1.54, 1.807) is 6.07 Å². The maximum Gasteiger partial charge on any atom is 0.347 e. The minimum absolute atomic E-state index is 0.00572. The lowest BCUT2D eigenvalue weighted by Crippen LogP contribution is -2.34. The molecule has 3 rings (SSSR count). The van der Waals surface area contributed by atoms with Gasteiger partial charge in [-0.25, -0.2) is 18.7 Å². The van der Waals surface area contributed by atoms with Crippen LogP contribution in [-0.2, 0) is 17.8 Å². The van der Waals surface area contributed by atoms with Crippen molar-refractivity contribution < 1.29 is 14.3 Å². The van der Waals surface area contributed by atoms with Gasteiger partial charge in [-0.15, -0.1) is 0 Å². The quantitative estimate of drug-likeness (QED) is 0.934. The molecule has 1 N–H and O–H groups in total. The number of carboxylic acid groups (broad SMARTS) is 1. The van der Waals surface area contributed by atoms with Crippen molar-refractivity contribution in [2.75, 3.05) is 0 Å². The Morgan fingerprint density at radius 3 is 2.95 bits per heavy atom. The monoisotopic (exact) mass is 325 g/mol. The molecule has 2 aromatic rings. The lowest BCUT2D eigenvalue weighted by atomic mass is 10.1. The van der Waals surface area contributed by atoms with Crippen molar-refractivity contribution >= 4 is 17.6 Å². The van der Waals surface area contributed by atoms with Gasteiger partial charge in [-0.1, -0.05) is 17.7 Å². The van der Waals surface area contributed by atoms with Crippen LogP contribution in [0.15, 0.2) is 23.0 Å². The second-order valence-electron chi connectivity index (χ2n) is 5.22. The molecule has 116 valence electrons. The van der Waals surface area contributed by atoms with Gasteiger partial charge in [0.15, 0.2) is 0 Å². The van der Waals surface area contributed by atoms with Crippen LogP contribution >= 0.6 is 11.6 Å². The highest BCUT2D eigenvalue weighted by Crippen LogP contribution is 2.22. The summed E-state index contributed by atoms with van der Waals surface area (Å²) in [5.74, 6) is -1.15.